The third kappa shape index (κ3) is 2.01. The van der Waals surface area contributed by atoms with E-state index in [2.05, 4.69) is 10.2 Å². The zero-order valence-corrected chi connectivity index (χ0v) is 8.07. The summed E-state index contributed by atoms with van der Waals surface area (Å²) in [5.74, 6) is -0.140. The number of nitrogens with zero attached hydrogens (tertiary/aromatic N) is 5. The number of hydrogen-bond acceptors (Lipinski definition) is 4. The zero-order valence-electron chi connectivity index (χ0n) is 8.07. The molecule has 2 heterocycles. The second kappa shape index (κ2) is 3.52. The minimum atomic E-state index is -0.514. The zero-order chi connectivity index (χ0) is 10.8. The minimum Gasteiger partial charge on any atom is -0.358 e. The Kier molecular flexibility index (Phi) is 2.20. The first-order chi connectivity index (χ1) is 7.15. The van der Waals surface area contributed by atoms with Gasteiger partial charge in [0.1, 0.15) is 0 Å². The number of aromatic nitrogens is 4. The van der Waals surface area contributed by atoms with Crippen LogP contribution in [0.15, 0.2) is 24.7 Å². The highest BCUT2D eigenvalue weighted by Gasteiger charge is 2.11. The highest BCUT2D eigenvalue weighted by molar-refractivity contribution is 5.15. The summed E-state index contributed by atoms with van der Waals surface area (Å²) in [4.78, 5) is 9.87. The van der Waals surface area contributed by atoms with E-state index in [4.69, 9.17) is 0 Å². The quantitative estimate of drug-likeness (QED) is 0.544. The van der Waals surface area contributed by atoms with Gasteiger partial charge in [0, 0.05) is 18.8 Å². The van der Waals surface area contributed by atoms with E-state index in [9.17, 15) is 10.1 Å². The molecule has 0 amide bonds. The third-order valence-corrected chi connectivity index (χ3v) is 1.92. The van der Waals surface area contributed by atoms with Crippen LogP contribution in [0.2, 0.25) is 0 Å². The molecule has 0 aromatic carbocycles. The van der Waals surface area contributed by atoms with Crippen molar-refractivity contribution in [3.8, 4) is 0 Å². The summed E-state index contributed by atoms with van der Waals surface area (Å²) in [6.45, 7) is 0.488. The molecule has 7 heteroatoms. The second-order valence-electron chi connectivity index (χ2n) is 3.15. The van der Waals surface area contributed by atoms with Gasteiger partial charge in [0.15, 0.2) is 0 Å². The van der Waals surface area contributed by atoms with Gasteiger partial charge in [-0.2, -0.15) is 9.78 Å². The molecule has 0 aliphatic rings. The third-order valence-electron chi connectivity index (χ3n) is 1.92. The van der Waals surface area contributed by atoms with E-state index < -0.39 is 4.92 Å². The standard InChI is InChI=1S/C8H9N5O2/c1-11-5-7(4-9-11)6-12-3-2-8(10-12)13(14)15/h2-5H,6H2,1H3. The van der Waals surface area contributed by atoms with Crippen molar-refractivity contribution in [1.82, 2.24) is 19.6 Å². The topological polar surface area (TPSA) is 78.8 Å². The minimum absolute atomic E-state index is 0.140. The number of nitro groups is 1. The Morgan fingerprint density at radius 3 is 2.93 bits per heavy atom. The molecule has 0 unspecified atom stereocenters. The Labute approximate surface area is 85.1 Å². The Morgan fingerprint density at radius 2 is 2.40 bits per heavy atom. The van der Waals surface area contributed by atoms with Gasteiger partial charge < -0.3 is 10.1 Å². The molecule has 0 bridgehead atoms. The Balaban J connectivity index is 2.14. The van der Waals surface area contributed by atoms with Gasteiger partial charge in [-0.15, -0.1) is 0 Å². The van der Waals surface area contributed by atoms with Gasteiger partial charge >= 0.3 is 5.82 Å². The molecule has 7 nitrogen and oxygen atoms in total. The van der Waals surface area contributed by atoms with Crippen LogP contribution in [-0.2, 0) is 13.6 Å². The molecule has 0 N–H and O–H groups in total. The molecule has 0 spiro atoms. The number of rotatable bonds is 3. The summed E-state index contributed by atoms with van der Waals surface area (Å²) in [5, 5.41) is 18.2. The molecular formula is C8H9N5O2. The molecule has 2 aromatic rings. The smallest absolute Gasteiger partial charge is 0.358 e. The molecule has 0 fully saturated rings. The van der Waals surface area contributed by atoms with Gasteiger partial charge in [-0.05, 0) is 4.92 Å². The van der Waals surface area contributed by atoms with Crippen LogP contribution in [0, 0.1) is 10.1 Å². The van der Waals surface area contributed by atoms with Crippen molar-refractivity contribution < 1.29 is 4.92 Å². The average molecular weight is 207 g/mol. The van der Waals surface area contributed by atoms with Gasteiger partial charge in [-0.1, -0.05) is 0 Å². The van der Waals surface area contributed by atoms with Crippen molar-refractivity contribution in [1.29, 1.82) is 0 Å². The maximum absolute atomic E-state index is 10.4. The van der Waals surface area contributed by atoms with Crippen molar-refractivity contribution in [3.05, 3.63) is 40.3 Å². The fraction of sp³-hybridized carbons (Fsp3) is 0.250. The molecular weight excluding hydrogens is 198 g/mol. The fourth-order valence-corrected chi connectivity index (χ4v) is 1.28. The van der Waals surface area contributed by atoms with Crippen molar-refractivity contribution in [3.63, 3.8) is 0 Å². The lowest BCUT2D eigenvalue weighted by molar-refractivity contribution is -0.389. The molecule has 0 saturated heterocycles. The van der Waals surface area contributed by atoms with Gasteiger partial charge in [0.2, 0.25) is 0 Å². The monoisotopic (exact) mass is 207 g/mol. The van der Waals surface area contributed by atoms with Crippen molar-refractivity contribution in [2.75, 3.05) is 0 Å². The van der Waals surface area contributed by atoms with Crippen LogP contribution in [0.5, 0.6) is 0 Å². The number of hydrogen-bond donors (Lipinski definition) is 0. The SMILES string of the molecule is Cn1cc(Cn2ccc([N+](=O)[O-])n2)cn1. The van der Waals surface area contributed by atoms with E-state index in [1.165, 1.54) is 10.7 Å². The normalized spacial score (nSPS) is 10.5. The van der Waals surface area contributed by atoms with Gasteiger partial charge in [-0.25, -0.2) is 0 Å². The maximum atomic E-state index is 10.4. The van der Waals surface area contributed by atoms with Gasteiger partial charge in [0.25, 0.3) is 0 Å². The van der Waals surface area contributed by atoms with Crippen LogP contribution >= 0.6 is 0 Å². The fourth-order valence-electron chi connectivity index (χ4n) is 1.28. The van der Waals surface area contributed by atoms with Crippen molar-refractivity contribution in [2.24, 2.45) is 7.05 Å². The van der Waals surface area contributed by atoms with Gasteiger partial charge in [-0.3, -0.25) is 4.68 Å². The summed E-state index contributed by atoms with van der Waals surface area (Å²) < 4.78 is 3.18. The summed E-state index contributed by atoms with van der Waals surface area (Å²) in [5.41, 5.74) is 0.954. The van der Waals surface area contributed by atoms with Crippen LogP contribution in [0.4, 0.5) is 5.82 Å². The molecule has 0 saturated carbocycles. The van der Waals surface area contributed by atoms with E-state index in [0.717, 1.165) is 5.56 Å². The summed E-state index contributed by atoms with van der Waals surface area (Å²) in [6.07, 6.45) is 5.12. The van der Waals surface area contributed by atoms with Crippen LogP contribution < -0.4 is 0 Å². The lowest BCUT2D eigenvalue weighted by Gasteiger charge is -1.91. The predicted molar refractivity (Wildman–Crippen MR) is 51.2 cm³/mol. The Hall–Kier alpha value is -2.18. The molecule has 2 rings (SSSR count). The molecule has 0 aliphatic heterocycles. The molecule has 15 heavy (non-hydrogen) atoms. The van der Waals surface area contributed by atoms with Crippen LogP contribution in [-0.4, -0.2) is 24.5 Å². The van der Waals surface area contributed by atoms with Crippen molar-refractivity contribution >= 4 is 5.82 Å². The van der Waals surface area contributed by atoms with E-state index >= 15 is 0 Å². The second-order valence-corrected chi connectivity index (χ2v) is 3.15. The Morgan fingerprint density at radius 1 is 1.60 bits per heavy atom. The molecule has 0 aliphatic carbocycles. The van der Waals surface area contributed by atoms with Crippen molar-refractivity contribution in [2.45, 2.75) is 6.54 Å². The summed E-state index contributed by atoms with van der Waals surface area (Å²) in [7, 11) is 1.81. The van der Waals surface area contributed by atoms with E-state index in [-0.39, 0.29) is 5.82 Å². The largest absolute Gasteiger partial charge is 0.389 e. The van der Waals surface area contributed by atoms with Gasteiger partial charge in [0.05, 0.1) is 30.1 Å². The molecule has 0 radical (unpaired) electrons. The number of aryl methyl sites for hydroxylation is 1. The Bertz CT molecular complexity index is 487. The highest BCUT2D eigenvalue weighted by atomic mass is 16.6. The van der Waals surface area contributed by atoms with E-state index in [1.807, 2.05) is 13.2 Å². The van der Waals surface area contributed by atoms with Crippen LogP contribution in [0.3, 0.4) is 0 Å². The highest BCUT2D eigenvalue weighted by Crippen LogP contribution is 2.07. The molecule has 0 atom stereocenters. The average Bonchev–Trinajstić information content (AvgIpc) is 2.76. The van der Waals surface area contributed by atoms with E-state index in [0.29, 0.717) is 6.54 Å². The summed E-state index contributed by atoms with van der Waals surface area (Å²) in [6, 6.07) is 1.37. The lowest BCUT2D eigenvalue weighted by atomic mass is 10.4. The molecule has 2 aromatic heterocycles. The lowest BCUT2D eigenvalue weighted by Crippen LogP contribution is -2.00. The first kappa shape index (κ1) is 9.38. The first-order valence-corrected chi connectivity index (χ1v) is 4.30. The van der Waals surface area contributed by atoms with Crippen LogP contribution in [0.1, 0.15) is 5.56 Å². The van der Waals surface area contributed by atoms with E-state index in [1.54, 1.807) is 17.1 Å². The molecule has 78 valence electrons. The first-order valence-electron chi connectivity index (χ1n) is 4.30. The van der Waals surface area contributed by atoms with Crippen LogP contribution in [0.25, 0.3) is 0 Å². The predicted octanol–water partition coefficient (Wildman–Crippen LogP) is 0.573. The maximum Gasteiger partial charge on any atom is 0.389 e. The summed E-state index contributed by atoms with van der Waals surface area (Å²) >= 11 is 0.